The van der Waals surface area contributed by atoms with Crippen LogP contribution in [0, 0.1) is 26.6 Å². The van der Waals surface area contributed by atoms with Crippen molar-refractivity contribution in [3.05, 3.63) is 26.6 Å². The molecule has 14 heavy (non-hydrogen) atoms. The first-order chi connectivity index (χ1) is 6.57. The highest BCUT2D eigenvalue weighted by atomic mass is 16.6. The van der Waals surface area contributed by atoms with E-state index in [1.54, 1.807) is 6.42 Å². The van der Waals surface area contributed by atoms with Crippen molar-refractivity contribution < 1.29 is 9.85 Å². The van der Waals surface area contributed by atoms with Gasteiger partial charge in [0, 0.05) is 29.1 Å². The summed E-state index contributed by atoms with van der Waals surface area (Å²) < 4.78 is 0. The third-order valence-electron chi connectivity index (χ3n) is 1.87. The van der Waals surface area contributed by atoms with Gasteiger partial charge in [-0.3, -0.25) is 20.2 Å². The van der Waals surface area contributed by atoms with Crippen molar-refractivity contribution in [3.63, 3.8) is 0 Å². The van der Waals surface area contributed by atoms with E-state index >= 15 is 0 Å². The molecular weight excluding hydrogens is 188 g/mol. The molecule has 1 unspecified atom stereocenters. The molecule has 6 nitrogen and oxygen atoms in total. The van der Waals surface area contributed by atoms with Gasteiger partial charge in [-0.25, -0.2) is 0 Å². The Kier molecular flexibility index (Phi) is 6.61. The second-order valence-electron chi connectivity index (χ2n) is 3.10. The van der Waals surface area contributed by atoms with Gasteiger partial charge in [0.05, 0.1) is 0 Å². The fourth-order valence-electron chi connectivity index (χ4n) is 1.15. The molecule has 0 rings (SSSR count). The first kappa shape index (κ1) is 12.8. The quantitative estimate of drug-likeness (QED) is 0.341. The van der Waals surface area contributed by atoms with Crippen LogP contribution in [-0.4, -0.2) is 22.4 Å². The number of rotatable bonds is 8. The summed E-state index contributed by atoms with van der Waals surface area (Å²) in [6, 6.07) is -0.577. The van der Waals surface area contributed by atoms with E-state index in [1.807, 2.05) is 6.92 Å². The normalized spacial score (nSPS) is 12.4. The van der Waals surface area contributed by atoms with E-state index in [0.29, 0.717) is 19.3 Å². The molecule has 0 N–H and O–H groups in total. The van der Waals surface area contributed by atoms with Gasteiger partial charge >= 0.3 is 0 Å². The first-order valence-electron chi connectivity index (χ1n) is 4.64. The molecule has 0 spiro atoms. The molecule has 0 aromatic rings. The van der Waals surface area contributed by atoms with Gasteiger partial charge in [0.15, 0.2) is 0 Å². The van der Waals surface area contributed by atoms with Gasteiger partial charge in [-0.15, -0.1) is 0 Å². The maximum absolute atomic E-state index is 10.5. The van der Waals surface area contributed by atoms with Gasteiger partial charge in [0.25, 0.3) is 0 Å². The summed E-state index contributed by atoms with van der Waals surface area (Å²) in [6.07, 6.45) is 3.55. The van der Waals surface area contributed by atoms with Crippen LogP contribution in [0.25, 0.3) is 0 Å². The molecule has 0 aromatic carbocycles. The van der Waals surface area contributed by atoms with Crippen LogP contribution in [0.4, 0.5) is 0 Å². The first-order valence-corrected chi connectivity index (χ1v) is 4.64. The third kappa shape index (κ3) is 6.33. The molecular formula is C8H15N2O4. The summed E-state index contributed by atoms with van der Waals surface area (Å²) in [5.41, 5.74) is 0. The predicted molar refractivity (Wildman–Crippen MR) is 51.1 cm³/mol. The topological polar surface area (TPSA) is 86.3 Å². The summed E-state index contributed by atoms with van der Waals surface area (Å²) in [7, 11) is 0. The van der Waals surface area contributed by atoms with E-state index in [0.717, 1.165) is 6.42 Å². The Hall–Kier alpha value is -1.20. The van der Waals surface area contributed by atoms with E-state index in [-0.39, 0.29) is 11.5 Å². The lowest BCUT2D eigenvalue weighted by molar-refractivity contribution is -0.523. The van der Waals surface area contributed by atoms with Gasteiger partial charge in [0.2, 0.25) is 12.6 Å². The SMILES string of the molecule is CCCC(C[CH]CC[N+](=O)[O-])[N+](=O)[O-]. The Morgan fingerprint density at radius 1 is 1.36 bits per heavy atom. The van der Waals surface area contributed by atoms with Crippen LogP contribution in [0.15, 0.2) is 0 Å². The lowest BCUT2D eigenvalue weighted by Gasteiger charge is -2.06. The highest BCUT2D eigenvalue weighted by Crippen LogP contribution is 2.09. The largest absolute Gasteiger partial charge is 0.265 e. The zero-order valence-electron chi connectivity index (χ0n) is 8.22. The molecule has 6 heteroatoms. The minimum absolute atomic E-state index is 0.142. The molecule has 0 amide bonds. The van der Waals surface area contributed by atoms with E-state index in [9.17, 15) is 20.2 Å². The lowest BCUT2D eigenvalue weighted by Crippen LogP contribution is -2.19. The van der Waals surface area contributed by atoms with Crippen molar-refractivity contribution in [3.8, 4) is 0 Å². The van der Waals surface area contributed by atoms with Crippen molar-refractivity contribution >= 4 is 0 Å². The summed E-state index contributed by atoms with van der Waals surface area (Å²) in [5.74, 6) is 0. The summed E-state index contributed by atoms with van der Waals surface area (Å²) in [6.45, 7) is 1.74. The smallest absolute Gasteiger partial charge is 0.213 e. The number of nitro groups is 2. The van der Waals surface area contributed by atoms with E-state index in [2.05, 4.69) is 0 Å². The lowest BCUT2D eigenvalue weighted by atomic mass is 10.1. The second kappa shape index (κ2) is 7.23. The molecule has 1 radical (unpaired) electrons. The molecule has 0 aliphatic rings. The van der Waals surface area contributed by atoms with Crippen molar-refractivity contribution in [2.45, 2.75) is 38.6 Å². The van der Waals surface area contributed by atoms with Crippen molar-refractivity contribution in [2.24, 2.45) is 0 Å². The summed E-state index contributed by atoms with van der Waals surface area (Å²) in [4.78, 5) is 19.7. The maximum Gasteiger partial charge on any atom is 0.213 e. The third-order valence-corrected chi connectivity index (χ3v) is 1.87. The number of unbranched alkanes of at least 4 members (excludes halogenated alkanes) is 1. The van der Waals surface area contributed by atoms with Crippen molar-refractivity contribution in [1.29, 1.82) is 0 Å². The van der Waals surface area contributed by atoms with Crippen LogP contribution >= 0.6 is 0 Å². The maximum atomic E-state index is 10.5. The zero-order valence-corrected chi connectivity index (χ0v) is 8.22. The van der Waals surface area contributed by atoms with E-state index < -0.39 is 11.0 Å². The van der Waals surface area contributed by atoms with Crippen molar-refractivity contribution in [1.82, 2.24) is 0 Å². The monoisotopic (exact) mass is 203 g/mol. The Morgan fingerprint density at radius 3 is 2.43 bits per heavy atom. The molecule has 0 aliphatic carbocycles. The van der Waals surface area contributed by atoms with Gasteiger partial charge < -0.3 is 0 Å². The van der Waals surface area contributed by atoms with Gasteiger partial charge in [-0.1, -0.05) is 6.92 Å². The van der Waals surface area contributed by atoms with Crippen LogP contribution < -0.4 is 0 Å². The summed E-state index contributed by atoms with van der Waals surface area (Å²) >= 11 is 0. The highest BCUT2D eigenvalue weighted by molar-refractivity contribution is 4.70. The van der Waals surface area contributed by atoms with E-state index in [4.69, 9.17) is 0 Å². The van der Waals surface area contributed by atoms with Crippen LogP contribution in [0.5, 0.6) is 0 Å². The van der Waals surface area contributed by atoms with Gasteiger partial charge in [0.1, 0.15) is 0 Å². The van der Waals surface area contributed by atoms with Crippen LogP contribution in [0.1, 0.15) is 32.6 Å². The Labute approximate surface area is 82.6 Å². The zero-order chi connectivity index (χ0) is 11.0. The minimum atomic E-state index is -0.577. The van der Waals surface area contributed by atoms with E-state index in [1.165, 1.54) is 0 Å². The Bertz CT molecular complexity index is 196. The van der Waals surface area contributed by atoms with Crippen LogP contribution in [0.2, 0.25) is 0 Å². The molecule has 0 aromatic heterocycles. The second-order valence-corrected chi connectivity index (χ2v) is 3.10. The molecule has 0 saturated heterocycles. The predicted octanol–water partition coefficient (Wildman–Crippen LogP) is 1.69. The Balaban J connectivity index is 3.61. The molecule has 0 aliphatic heterocycles. The molecule has 0 fully saturated rings. The minimum Gasteiger partial charge on any atom is -0.265 e. The number of hydrogen-bond donors (Lipinski definition) is 0. The molecule has 81 valence electrons. The fourth-order valence-corrected chi connectivity index (χ4v) is 1.15. The standard InChI is InChI=1S/C8H15N2O4/c1-2-5-8(10(13)14)6-3-4-7-9(11)12/h3,8H,2,4-7H2,1H3. The Morgan fingerprint density at radius 2 is 2.00 bits per heavy atom. The van der Waals surface area contributed by atoms with Crippen LogP contribution in [-0.2, 0) is 0 Å². The molecule has 1 atom stereocenters. The van der Waals surface area contributed by atoms with Crippen molar-refractivity contribution in [2.75, 3.05) is 6.54 Å². The average Bonchev–Trinajstić information content (AvgIpc) is 2.09. The summed E-state index contributed by atoms with van der Waals surface area (Å²) in [5, 5.41) is 20.4. The average molecular weight is 203 g/mol. The highest BCUT2D eigenvalue weighted by Gasteiger charge is 2.18. The number of nitrogens with zero attached hydrogens (tertiary/aromatic N) is 2. The van der Waals surface area contributed by atoms with Gasteiger partial charge in [-0.05, 0) is 12.8 Å². The molecule has 0 bridgehead atoms. The van der Waals surface area contributed by atoms with Gasteiger partial charge in [-0.2, -0.15) is 0 Å². The fraction of sp³-hybridized carbons (Fsp3) is 0.875. The van der Waals surface area contributed by atoms with Crippen LogP contribution in [0.3, 0.4) is 0 Å². The molecule has 0 saturated carbocycles. The molecule has 0 heterocycles. The number of hydrogen-bond acceptors (Lipinski definition) is 4.